The smallest absolute Gasteiger partial charge is 0.254 e. The van der Waals surface area contributed by atoms with Crippen LogP contribution in [0.3, 0.4) is 0 Å². The summed E-state index contributed by atoms with van der Waals surface area (Å²) in [4.78, 5) is 34.7. The van der Waals surface area contributed by atoms with E-state index in [0.29, 0.717) is 26.1 Å². The molecule has 1 saturated heterocycles. The van der Waals surface area contributed by atoms with E-state index in [0.717, 1.165) is 35.8 Å². The summed E-state index contributed by atoms with van der Waals surface area (Å²) in [6, 6.07) is 25.2. The maximum Gasteiger partial charge on any atom is 0.254 e. The summed E-state index contributed by atoms with van der Waals surface area (Å²) in [7, 11) is 0. The molecule has 2 unspecified atom stereocenters. The molecule has 5 nitrogen and oxygen atoms in total. The van der Waals surface area contributed by atoms with E-state index >= 15 is 0 Å². The molecule has 0 N–H and O–H groups in total. The van der Waals surface area contributed by atoms with Crippen molar-refractivity contribution < 1.29 is 9.59 Å². The van der Waals surface area contributed by atoms with Crippen LogP contribution in [0.1, 0.15) is 51.3 Å². The first-order valence-corrected chi connectivity index (χ1v) is 14.8. The van der Waals surface area contributed by atoms with Crippen LogP contribution in [-0.2, 0) is 11.2 Å². The topological polar surface area (TPSA) is 43.9 Å². The van der Waals surface area contributed by atoms with Gasteiger partial charge in [-0.2, -0.15) is 0 Å². The van der Waals surface area contributed by atoms with E-state index in [1.807, 2.05) is 63.6 Å². The van der Waals surface area contributed by atoms with Crippen molar-refractivity contribution in [1.29, 1.82) is 0 Å². The number of rotatable bonds is 5. The second-order valence-corrected chi connectivity index (χ2v) is 11.9. The summed E-state index contributed by atoms with van der Waals surface area (Å²) >= 11 is 1.84. The zero-order chi connectivity index (χ0) is 26.9. The average molecular weight is 538 g/mol. The molecule has 1 aromatic heterocycles. The Labute approximate surface area is 234 Å². The Morgan fingerprint density at radius 1 is 0.923 bits per heavy atom. The van der Waals surface area contributed by atoms with Gasteiger partial charge in [-0.15, -0.1) is 11.3 Å². The lowest BCUT2D eigenvalue weighted by atomic mass is 9.92. The molecule has 0 spiro atoms. The lowest BCUT2D eigenvalue weighted by molar-refractivity contribution is -0.134. The quantitative estimate of drug-likeness (QED) is 0.317. The molecule has 2 amide bonds. The number of carbonyl (C=O) groups is 2. The number of aryl methyl sites for hydroxylation is 1. The van der Waals surface area contributed by atoms with Crippen molar-refractivity contribution in [2.75, 3.05) is 32.7 Å². The summed E-state index contributed by atoms with van der Waals surface area (Å²) in [5.41, 5.74) is 4.67. The van der Waals surface area contributed by atoms with E-state index in [2.05, 4.69) is 54.5 Å². The highest BCUT2D eigenvalue weighted by atomic mass is 32.1. The first-order valence-electron chi connectivity index (χ1n) is 13.9. The standard InChI is InChI=1S/C33H35N3O2S/c1-23-10-12-26(13-11-23)32-29-16-21-39-30(29)14-17-34(32)18-15-31(37)35-19-20-36(24(2)22-35)33(38)28-9-5-7-25-6-3-4-8-27(25)28/h3-13,16,21,24,32H,14-15,17-20,22H2,1-2H3. The highest BCUT2D eigenvalue weighted by molar-refractivity contribution is 7.10. The highest BCUT2D eigenvalue weighted by Crippen LogP contribution is 2.38. The zero-order valence-corrected chi connectivity index (χ0v) is 23.5. The molecule has 3 heterocycles. The van der Waals surface area contributed by atoms with E-state index in [1.165, 1.54) is 21.6 Å². The van der Waals surface area contributed by atoms with Crippen LogP contribution in [-0.4, -0.2) is 65.3 Å². The maximum absolute atomic E-state index is 13.5. The first kappa shape index (κ1) is 25.8. The summed E-state index contributed by atoms with van der Waals surface area (Å²) in [6.45, 7) is 7.58. The fourth-order valence-corrected chi connectivity index (χ4v) is 7.10. The molecular weight excluding hydrogens is 502 g/mol. The van der Waals surface area contributed by atoms with Gasteiger partial charge in [0.2, 0.25) is 5.91 Å². The van der Waals surface area contributed by atoms with Crippen LogP contribution in [0.15, 0.2) is 78.2 Å². The first-order chi connectivity index (χ1) is 19.0. The molecule has 200 valence electrons. The van der Waals surface area contributed by atoms with Crippen molar-refractivity contribution in [3.63, 3.8) is 0 Å². The number of thiophene rings is 1. The van der Waals surface area contributed by atoms with Crippen LogP contribution in [0.4, 0.5) is 0 Å². The summed E-state index contributed by atoms with van der Waals surface area (Å²) in [5.74, 6) is 0.227. The Kier molecular flexibility index (Phi) is 7.24. The molecular formula is C33H35N3O2S. The molecule has 2 aliphatic heterocycles. The third kappa shape index (κ3) is 5.11. The van der Waals surface area contributed by atoms with Crippen LogP contribution >= 0.6 is 11.3 Å². The largest absolute Gasteiger partial charge is 0.339 e. The average Bonchev–Trinajstić information content (AvgIpc) is 3.44. The minimum Gasteiger partial charge on any atom is -0.339 e. The number of piperazine rings is 1. The van der Waals surface area contributed by atoms with E-state index in [-0.39, 0.29) is 23.9 Å². The molecule has 0 radical (unpaired) electrons. The van der Waals surface area contributed by atoms with Crippen LogP contribution < -0.4 is 0 Å². The van der Waals surface area contributed by atoms with E-state index in [9.17, 15) is 9.59 Å². The Morgan fingerprint density at radius 2 is 1.72 bits per heavy atom. The Morgan fingerprint density at radius 3 is 2.54 bits per heavy atom. The minimum absolute atomic E-state index is 0.0298. The molecule has 6 heteroatoms. The normalized spacial score (nSPS) is 19.7. The van der Waals surface area contributed by atoms with Gasteiger partial charge in [0, 0.05) is 55.6 Å². The predicted octanol–water partition coefficient (Wildman–Crippen LogP) is 5.92. The number of carbonyl (C=O) groups excluding carboxylic acids is 2. The van der Waals surface area contributed by atoms with Gasteiger partial charge in [-0.05, 0) is 59.7 Å². The minimum atomic E-state index is -0.0298. The molecule has 4 aromatic rings. The molecule has 6 rings (SSSR count). The third-order valence-electron chi connectivity index (χ3n) is 8.33. The second-order valence-electron chi connectivity index (χ2n) is 10.9. The summed E-state index contributed by atoms with van der Waals surface area (Å²) in [5, 5.41) is 4.25. The van der Waals surface area contributed by atoms with Gasteiger partial charge in [-0.3, -0.25) is 14.5 Å². The van der Waals surface area contributed by atoms with Crippen molar-refractivity contribution in [1.82, 2.24) is 14.7 Å². The van der Waals surface area contributed by atoms with Crippen molar-refractivity contribution in [2.24, 2.45) is 0 Å². The molecule has 1 fully saturated rings. The van der Waals surface area contributed by atoms with Crippen LogP contribution in [0.2, 0.25) is 0 Å². The van der Waals surface area contributed by atoms with Gasteiger partial charge in [0.15, 0.2) is 0 Å². The molecule has 2 atom stereocenters. The van der Waals surface area contributed by atoms with Gasteiger partial charge in [0.1, 0.15) is 0 Å². The fourth-order valence-electron chi connectivity index (χ4n) is 6.20. The number of nitrogens with zero attached hydrogens (tertiary/aromatic N) is 3. The third-order valence-corrected chi connectivity index (χ3v) is 9.33. The predicted molar refractivity (Wildman–Crippen MR) is 158 cm³/mol. The summed E-state index contributed by atoms with van der Waals surface area (Å²) < 4.78 is 0. The van der Waals surface area contributed by atoms with Crippen LogP contribution in [0, 0.1) is 6.92 Å². The molecule has 0 bridgehead atoms. The lowest BCUT2D eigenvalue weighted by Crippen LogP contribution is -2.55. The van der Waals surface area contributed by atoms with Gasteiger partial charge in [0.25, 0.3) is 5.91 Å². The monoisotopic (exact) mass is 537 g/mol. The van der Waals surface area contributed by atoms with Crippen molar-refractivity contribution in [2.45, 2.75) is 38.8 Å². The molecule has 0 saturated carbocycles. The van der Waals surface area contributed by atoms with Crippen LogP contribution in [0.25, 0.3) is 10.8 Å². The van der Waals surface area contributed by atoms with Crippen molar-refractivity contribution >= 4 is 33.9 Å². The second kappa shape index (κ2) is 10.9. The van der Waals surface area contributed by atoms with Gasteiger partial charge in [-0.25, -0.2) is 0 Å². The van der Waals surface area contributed by atoms with Gasteiger partial charge >= 0.3 is 0 Å². The molecule has 2 aliphatic rings. The number of fused-ring (bicyclic) bond motifs is 2. The van der Waals surface area contributed by atoms with Crippen molar-refractivity contribution in [3.05, 3.63) is 105 Å². The fraction of sp³-hybridized carbons (Fsp3) is 0.333. The molecule has 3 aromatic carbocycles. The number of hydrogen-bond donors (Lipinski definition) is 0. The van der Waals surface area contributed by atoms with E-state index in [1.54, 1.807) is 0 Å². The SMILES string of the molecule is Cc1ccc(C2c3ccsc3CCN2CCC(=O)N2CCN(C(=O)c3cccc4ccccc34)C(C)C2)cc1. The van der Waals surface area contributed by atoms with Gasteiger partial charge in [-0.1, -0.05) is 66.2 Å². The van der Waals surface area contributed by atoms with E-state index < -0.39 is 0 Å². The highest BCUT2D eigenvalue weighted by Gasteiger charge is 2.33. The van der Waals surface area contributed by atoms with Crippen molar-refractivity contribution in [3.8, 4) is 0 Å². The van der Waals surface area contributed by atoms with Crippen LogP contribution in [0.5, 0.6) is 0 Å². The number of benzene rings is 3. The molecule has 39 heavy (non-hydrogen) atoms. The molecule has 0 aliphatic carbocycles. The van der Waals surface area contributed by atoms with Gasteiger partial charge < -0.3 is 9.80 Å². The number of hydrogen-bond acceptors (Lipinski definition) is 4. The van der Waals surface area contributed by atoms with Gasteiger partial charge in [0.05, 0.1) is 6.04 Å². The maximum atomic E-state index is 13.5. The number of amides is 2. The Balaban J connectivity index is 1.11. The summed E-state index contributed by atoms with van der Waals surface area (Å²) in [6.07, 6.45) is 1.53. The Bertz CT molecular complexity index is 1490. The Hall–Kier alpha value is -3.48. The zero-order valence-electron chi connectivity index (χ0n) is 22.7. The van der Waals surface area contributed by atoms with E-state index in [4.69, 9.17) is 0 Å². The lowest BCUT2D eigenvalue weighted by Gasteiger charge is -2.41.